The van der Waals surface area contributed by atoms with Crippen molar-refractivity contribution in [1.82, 2.24) is 20.5 Å². The first kappa shape index (κ1) is 14.8. The number of carbonyl (C=O) groups excluding carboxylic acids is 1. The van der Waals surface area contributed by atoms with Gasteiger partial charge in [-0.3, -0.25) is 14.9 Å². The fourth-order valence-electron chi connectivity index (χ4n) is 2.10. The van der Waals surface area contributed by atoms with Crippen molar-refractivity contribution in [3.05, 3.63) is 66.0 Å². The minimum Gasteiger partial charge on any atom is -0.497 e. The van der Waals surface area contributed by atoms with Crippen molar-refractivity contribution >= 4 is 5.91 Å². The molecule has 116 valence electrons. The second-order valence-corrected chi connectivity index (χ2v) is 4.91. The Morgan fingerprint density at radius 3 is 2.70 bits per heavy atom. The summed E-state index contributed by atoms with van der Waals surface area (Å²) in [6.07, 6.45) is 1.69. The maximum absolute atomic E-state index is 12.2. The Morgan fingerprint density at radius 1 is 1.17 bits per heavy atom. The molecule has 0 saturated carbocycles. The molecule has 6 nitrogen and oxygen atoms in total. The SMILES string of the molecule is COc1ccc(CNC(=O)c2cc(-c3ccccn3)n[nH]2)cc1. The molecule has 0 bridgehead atoms. The highest BCUT2D eigenvalue weighted by Gasteiger charge is 2.11. The predicted octanol–water partition coefficient (Wildman–Crippen LogP) is 2.41. The van der Waals surface area contributed by atoms with E-state index in [4.69, 9.17) is 4.74 Å². The van der Waals surface area contributed by atoms with Gasteiger partial charge in [0.15, 0.2) is 0 Å². The fraction of sp³-hybridized carbons (Fsp3) is 0.118. The third-order valence-electron chi connectivity index (χ3n) is 3.36. The molecule has 0 radical (unpaired) electrons. The molecule has 1 aromatic carbocycles. The number of aromatic nitrogens is 3. The molecule has 2 heterocycles. The van der Waals surface area contributed by atoms with Crippen molar-refractivity contribution in [3.63, 3.8) is 0 Å². The summed E-state index contributed by atoms with van der Waals surface area (Å²) in [7, 11) is 1.62. The lowest BCUT2D eigenvalue weighted by atomic mass is 10.2. The van der Waals surface area contributed by atoms with Crippen LogP contribution in [0, 0.1) is 0 Å². The highest BCUT2D eigenvalue weighted by Crippen LogP contribution is 2.14. The van der Waals surface area contributed by atoms with Crippen LogP contribution in [0.5, 0.6) is 5.75 Å². The highest BCUT2D eigenvalue weighted by atomic mass is 16.5. The van der Waals surface area contributed by atoms with Crippen LogP contribution in [-0.4, -0.2) is 28.2 Å². The number of aromatic amines is 1. The summed E-state index contributed by atoms with van der Waals surface area (Å²) in [6.45, 7) is 0.431. The molecule has 0 aliphatic rings. The van der Waals surface area contributed by atoms with Crippen LogP contribution in [0.1, 0.15) is 16.1 Å². The minimum absolute atomic E-state index is 0.213. The van der Waals surface area contributed by atoms with Crippen molar-refractivity contribution in [1.29, 1.82) is 0 Å². The third-order valence-corrected chi connectivity index (χ3v) is 3.36. The summed E-state index contributed by atoms with van der Waals surface area (Å²) in [4.78, 5) is 16.4. The van der Waals surface area contributed by atoms with Crippen LogP contribution in [-0.2, 0) is 6.54 Å². The molecule has 0 aliphatic carbocycles. The van der Waals surface area contributed by atoms with E-state index < -0.39 is 0 Å². The van der Waals surface area contributed by atoms with Crippen molar-refractivity contribution in [2.45, 2.75) is 6.54 Å². The Kier molecular flexibility index (Phi) is 4.33. The van der Waals surface area contributed by atoms with Gasteiger partial charge in [-0.15, -0.1) is 0 Å². The Bertz CT molecular complexity index is 782. The molecule has 3 rings (SSSR count). The largest absolute Gasteiger partial charge is 0.497 e. The summed E-state index contributed by atoms with van der Waals surface area (Å²) in [5, 5.41) is 9.70. The fourth-order valence-corrected chi connectivity index (χ4v) is 2.10. The lowest BCUT2D eigenvalue weighted by Crippen LogP contribution is -2.23. The van der Waals surface area contributed by atoms with Gasteiger partial charge < -0.3 is 10.1 Å². The molecular weight excluding hydrogens is 292 g/mol. The van der Waals surface area contributed by atoms with Gasteiger partial charge in [0.1, 0.15) is 17.1 Å². The van der Waals surface area contributed by atoms with E-state index in [1.165, 1.54) is 0 Å². The zero-order valence-electron chi connectivity index (χ0n) is 12.6. The number of rotatable bonds is 5. The van der Waals surface area contributed by atoms with Crippen LogP contribution >= 0.6 is 0 Å². The molecule has 0 saturated heterocycles. The summed E-state index contributed by atoms with van der Waals surface area (Å²) < 4.78 is 5.10. The molecule has 0 aliphatic heterocycles. The number of pyridine rings is 1. The molecule has 1 amide bonds. The molecule has 23 heavy (non-hydrogen) atoms. The average molecular weight is 308 g/mol. The standard InChI is InChI=1S/C17H16N4O2/c1-23-13-7-5-12(6-8-13)11-19-17(22)16-10-15(20-21-16)14-4-2-3-9-18-14/h2-10H,11H2,1H3,(H,19,22)(H,20,21). The molecule has 6 heteroatoms. The van der Waals surface area contributed by atoms with E-state index in [0.29, 0.717) is 17.9 Å². The first-order valence-electron chi connectivity index (χ1n) is 7.14. The summed E-state index contributed by atoms with van der Waals surface area (Å²) in [5.41, 5.74) is 2.75. The van der Waals surface area contributed by atoms with Gasteiger partial charge in [-0.2, -0.15) is 5.10 Å². The monoisotopic (exact) mass is 308 g/mol. The Morgan fingerprint density at radius 2 is 2.00 bits per heavy atom. The minimum atomic E-state index is -0.213. The highest BCUT2D eigenvalue weighted by molar-refractivity contribution is 5.93. The van der Waals surface area contributed by atoms with Crippen LogP contribution < -0.4 is 10.1 Å². The van der Waals surface area contributed by atoms with Gasteiger partial charge in [0.05, 0.1) is 12.8 Å². The van der Waals surface area contributed by atoms with Gasteiger partial charge in [-0.05, 0) is 35.9 Å². The zero-order valence-corrected chi connectivity index (χ0v) is 12.6. The lowest BCUT2D eigenvalue weighted by Gasteiger charge is -2.05. The zero-order chi connectivity index (χ0) is 16.1. The smallest absolute Gasteiger partial charge is 0.269 e. The van der Waals surface area contributed by atoms with E-state index in [-0.39, 0.29) is 5.91 Å². The number of carbonyl (C=O) groups is 1. The molecule has 0 spiro atoms. The maximum atomic E-state index is 12.2. The maximum Gasteiger partial charge on any atom is 0.269 e. The van der Waals surface area contributed by atoms with Gasteiger partial charge in [0, 0.05) is 12.7 Å². The van der Waals surface area contributed by atoms with E-state index in [2.05, 4.69) is 20.5 Å². The number of benzene rings is 1. The second kappa shape index (κ2) is 6.74. The van der Waals surface area contributed by atoms with E-state index in [1.54, 1.807) is 19.4 Å². The van der Waals surface area contributed by atoms with E-state index in [0.717, 1.165) is 17.0 Å². The summed E-state index contributed by atoms with van der Waals surface area (Å²) >= 11 is 0. The number of amides is 1. The summed E-state index contributed by atoms with van der Waals surface area (Å²) in [5.74, 6) is 0.573. The Labute approximate surface area is 133 Å². The predicted molar refractivity (Wildman–Crippen MR) is 86.0 cm³/mol. The number of hydrogen-bond donors (Lipinski definition) is 2. The third kappa shape index (κ3) is 3.55. The molecule has 0 atom stereocenters. The van der Waals surface area contributed by atoms with E-state index in [1.807, 2.05) is 42.5 Å². The first-order valence-corrected chi connectivity index (χ1v) is 7.14. The summed E-state index contributed by atoms with van der Waals surface area (Å²) in [6, 6.07) is 14.8. The number of ether oxygens (including phenoxy) is 1. The molecule has 0 fully saturated rings. The topological polar surface area (TPSA) is 79.9 Å². The normalized spacial score (nSPS) is 10.3. The van der Waals surface area contributed by atoms with Crippen molar-refractivity contribution in [2.24, 2.45) is 0 Å². The Hall–Kier alpha value is -3.15. The molecule has 0 unspecified atom stereocenters. The van der Waals surface area contributed by atoms with Gasteiger partial charge in [-0.1, -0.05) is 18.2 Å². The van der Waals surface area contributed by atoms with Gasteiger partial charge in [-0.25, -0.2) is 0 Å². The molecular formula is C17H16N4O2. The number of nitrogens with one attached hydrogen (secondary N) is 2. The van der Waals surface area contributed by atoms with Crippen molar-refractivity contribution in [3.8, 4) is 17.1 Å². The Balaban J connectivity index is 1.63. The van der Waals surface area contributed by atoms with Crippen LogP contribution in [0.15, 0.2) is 54.7 Å². The van der Waals surface area contributed by atoms with E-state index in [9.17, 15) is 4.79 Å². The number of H-pyrrole nitrogens is 1. The van der Waals surface area contributed by atoms with Gasteiger partial charge in [0.25, 0.3) is 5.91 Å². The van der Waals surface area contributed by atoms with Crippen LogP contribution in [0.3, 0.4) is 0 Å². The van der Waals surface area contributed by atoms with E-state index >= 15 is 0 Å². The van der Waals surface area contributed by atoms with Crippen LogP contribution in [0.4, 0.5) is 0 Å². The molecule has 3 aromatic rings. The van der Waals surface area contributed by atoms with Crippen LogP contribution in [0.2, 0.25) is 0 Å². The average Bonchev–Trinajstić information content (AvgIpc) is 3.11. The molecule has 2 aromatic heterocycles. The first-order chi connectivity index (χ1) is 11.3. The second-order valence-electron chi connectivity index (χ2n) is 4.91. The molecule has 2 N–H and O–H groups in total. The lowest BCUT2D eigenvalue weighted by molar-refractivity contribution is 0.0946. The number of nitrogens with zero attached hydrogens (tertiary/aromatic N) is 2. The quantitative estimate of drug-likeness (QED) is 0.758. The number of methoxy groups -OCH3 is 1. The van der Waals surface area contributed by atoms with Crippen LogP contribution in [0.25, 0.3) is 11.4 Å². The van der Waals surface area contributed by atoms with Crippen molar-refractivity contribution in [2.75, 3.05) is 7.11 Å². The van der Waals surface area contributed by atoms with Gasteiger partial charge >= 0.3 is 0 Å². The van der Waals surface area contributed by atoms with Gasteiger partial charge in [0.2, 0.25) is 0 Å². The van der Waals surface area contributed by atoms with Crippen molar-refractivity contribution < 1.29 is 9.53 Å². The number of hydrogen-bond acceptors (Lipinski definition) is 4.